The van der Waals surface area contributed by atoms with Crippen molar-refractivity contribution < 1.29 is 14.4 Å². The molecular formula is C10H19NO3S. The van der Waals surface area contributed by atoms with Gasteiger partial charge in [-0.3, -0.25) is 4.79 Å². The zero-order valence-corrected chi connectivity index (χ0v) is 9.80. The van der Waals surface area contributed by atoms with Gasteiger partial charge in [-0.15, -0.1) is 0 Å². The minimum Gasteiger partial charge on any atom is -0.381 e. The van der Waals surface area contributed by atoms with Gasteiger partial charge in [0, 0.05) is 6.61 Å². The standard InChI is InChI=1S/C10H19NO3S/c12-10(14-11-15)6-7-13-8-9-4-2-1-3-5-9/h9,11,15H,1-8H2. The third-order valence-electron chi connectivity index (χ3n) is 2.69. The van der Waals surface area contributed by atoms with Crippen molar-refractivity contribution >= 4 is 18.8 Å². The van der Waals surface area contributed by atoms with Crippen LogP contribution in [0.2, 0.25) is 0 Å². The number of carbonyl (C=O) groups excluding carboxylic acids is 1. The third kappa shape index (κ3) is 6.02. The van der Waals surface area contributed by atoms with Crippen molar-refractivity contribution in [3.63, 3.8) is 0 Å². The van der Waals surface area contributed by atoms with Crippen LogP contribution in [0.5, 0.6) is 0 Å². The molecule has 1 rings (SSSR count). The third-order valence-corrected chi connectivity index (χ3v) is 2.78. The first-order valence-corrected chi connectivity index (χ1v) is 5.94. The molecule has 1 fully saturated rings. The van der Waals surface area contributed by atoms with Gasteiger partial charge in [0.05, 0.1) is 13.0 Å². The lowest BCUT2D eigenvalue weighted by molar-refractivity contribution is -0.147. The summed E-state index contributed by atoms with van der Waals surface area (Å²) in [5.41, 5.74) is 0. The predicted octanol–water partition coefficient (Wildman–Crippen LogP) is 1.87. The van der Waals surface area contributed by atoms with E-state index >= 15 is 0 Å². The van der Waals surface area contributed by atoms with Crippen molar-refractivity contribution in [3.8, 4) is 0 Å². The maximum atomic E-state index is 10.9. The van der Waals surface area contributed by atoms with Crippen molar-refractivity contribution in [2.75, 3.05) is 13.2 Å². The van der Waals surface area contributed by atoms with Crippen LogP contribution in [-0.2, 0) is 14.4 Å². The van der Waals surface area contributed by atoms with Crippen LogP contribution in [0.1, 0.15) is 38.5 Å². The smallest absolute Gasteiger partial charge is 0.328 e. The maximum absolute atomic E-state index is 10.9. The molecule has 88 valence electrons. The Hall–Kier alpha value is -0.260. The highest BCUT2D eigenvalue weighted by Crippen LogP contribution is 2.23. The van der Waals surface area contributed by atoms with Crippen molar-refractivity contribution in [1.29, 1.82) is 0 Å². The van der Waals surface area contributed by atoms with E-state index in [2.05, 4.69) is 17.7 Å². The van der Waals surface area contributed by atoms with Crippen LogP contribution in [0, 0.1) is 5.92 Å². The van der Waals surface area contributed by atoms with E-state index in [4.69, 9.17) is 4.74 Å². The summed E-state index contributed by atoms with van der Waals surface area (Å²) in [6, 6.07) is 0. The van der Waals surface area contributed by atoms with E-state index in [1.54, 1.807) is 0 Å². The molecule has 1 aliphatic carbocycles. The molecule has 0 saturated heterocycles. The van der Waals surface area contributed by atoms with Gasteiger partial charge in [0.2, 0.25) is 0 Å². The van der Waals surface area contributed by atoms with Gasteiger partial charge in [0.1, 0.15) is 0 Å². The number of rotatable bonds is 6. The Kier molecular flexibility index (Phi) is 6.80. The van der Waals surface area contributed by atoms with E-state index < -0.39 is 0 Å². The van der Waals surface area contributed by atoms with Crippen molar-refractivity contribution in [2.24, 2.45) is 5.92 Å². The van der Waals surface area contributed by atoms with Crippen LogP contribution in [0.3, 0.4) is 0 Å². The summed E-state index contributed by atoms with van der Waals surface area (Å²) in [7, 11) is 0. The van der Waals surface area contributed by atoms with Gasteiger partial charge in [-0.1, -0.05) is 37.0 Å². The fourth-order valence-electron chi connectivity index (χ4n) is 1.86. The van der Waals surface area contributed by atoms with Crippen molar-refractivity contribution in [2.45, 2.75) is 38.5 Å². The SMILES string of the molecule is O=C(CCOCC1CCCCC1)ONS. The normalized spacial score (nSPS) is 17.7. The molecule has 1 N–H and O–H groups in total. The summed E-state index contributed by atoms with van der Waals surface area (Å²) in [5.74, 6) is 0.353. The Labute approximate surface area is 96.2 Å². The maximum Gasteiger partial charge on any atom is 0.328 e. The van der Waals surface area contributed by atoms with Crippen LogP contribution in [-0.4, -0.2) is 19.2 Å². The molecule has 0 aliphatic heterocycles. The fraction of sp³-hybridized carbons (Fsp3) is 0.900. The summed E-state index contributed by atoms with van der Waals surface area (Å²) < 4.78 is 5.44. The number of nitrogens with one attached hydrogen (secondary N) is 1. The Balaban J connectivity index is 1.93. The molecule has 0 spiro atoms. The monoisotopic (exact) mass is 233 g/mol. The van der Waals surface area contributed by atoms with Crippen LogP contribution in [0.4, 0.5) is 0 Å². The van der Waals surface area contributed by atoms with Gasteiger partial charge in [0.25, 0.3) is 0 Å². The molecule has 0 aromatic rings. The van der Waals surface area contributed by atoms with Gasteiger partial charge in [-0.2, -0.15) is 0 Å². The lowest BCUT2D eigenvalue weighted by atomic mass is 9.90. The minimum atomic E-state index is -0.339. The molecule has 0 amide bonds. The average molecular weight is 233 g/mol. The molecule has 0 aromatic carbocycles. The van der Waals surface area contributed by atoms with E-state index in [0.717, 1.165) is 6.61 Å². The van der Waals surface area contributed by atoms with Gasteiger partial charge in [-0.25, -0.2) is 0 Å². The van der Waals surface area contributed by atoms with E-state index in [1.807, 2.05) is 4.89 Å². The molecule has 4 nitrogen and oxygen atoms in total. The largest absolute Gasteiger partial charge is 0.381 e. The molecule has 0 unspecified atom stereocenters. The van der Waals surface area contributed by atoms with Crippen LogP contribution < -0.4 is 4.89 Å². The average Bonchev–Trinajstić information content (AvgIpc) is 2.26. The highest BCUT2D eigenvalue weighted by atomic mass is 32.1. The summed E-state index contributed by atoms with van der Waals surface area (Å²) >= 11 is 3.55. The van der Waals surface area contributed by atoms with Gasteiger partial charge >= 0.3 is 5.97 Å². The van der Waals surface area contributed by atoms with Gasteiger partial charge in [0.15, 0.2) is 0 Å². The second-order valence-electron chi connectivity index (χ2n) is 3.89. The van der Waals surface area contributed by atoms with Crippen LogP contribution in [0.25, 0.3) is 0 Å². The first-order valence-electron chi connectivity index (χ1n) is 5.49. The topological polar surface area (TPSA) is 47.6 Å². The molecular weight excluding hydrogens is 214 g/mol. The van der Waals surface area contributed by atoms with Gasteiger partial charge in [-0.05, 0) is 18.8 Å². The highest BCUT2D eigenvalue weighted by molar-refractivity contribution is 7.77. The minimum absolute atomic E-state index is 0.278. The predicted molar refractivity (Wildman–Crippen MR) is 60.2 cm³/mol. The van der Waals surface area contributed by atoms with E-state index in [-0.39, 0.29) is 12.4 Å². The first-order chi connectivity index (χ1) is 7.33. The zero-order chi connectivity index (χ0) is 10.9. The molecule has 15 heavy (non-hydrogen) atoms. The van der Waals surface area contributed by atoms with E-state index in [9.17, 15) is 4.79 Å². The van der Waals surface area contributed by atoms with Gasteiger partial charge < -0.3 is 9.57 Å². The van der Waals surface area contributed by atoms with Crippen LogP contribution in [0.15, 0.2) is 0 Å². The highest BCUT2D eigenvalue weighted by Gasteiger charge is 2.13. The number of ether oxygens (including phenoxy) is 1. The molecule has 1 saturated carbocycles. The van der Waals surface area contributed by atoms with Crippen molar-refractivity contribution in [1.82, 2.24) is 4.89 Å². The number of thiol groups is 1. The first kappa shape index (κ1) is 12.8. The second-order valence-corrected chi connectivity index (χ2v) is 4.08. The zero-order valence-electron chi connectivity index (χ0n) is 8.91. The molecule has 0 aromatic heterocycles. The Morgan fingerprint density at radius 1 is 1.33 bits per heavy atom. The molecule has 0 atom stereocenters. The number of hydrogen-bond donors (Lipinski definition) is 2. The molecule has 0 bridgehead atoms. The molecule has 5 heteroatoms. The summed E-state index contributed by atoms with van der Waals surface area (Å²) in [4.78, 5) is 17.4. The lowest BCUT2D eigenvalue weighted by Crippen LogP contribution is -2.17. The molecule has 0 heterocycles. The Bertz CT molecular complexity index is 184. The molecule has 0 radical (unpaired) electrons. The lowest BCUT2D eigenvalue weighted by Gasteiger charge is -2.21. The Morgan fingerprint density at radius 2 is 2.07 bits per heavy atom. The number of carbonyl (C=O) groups is 1. The number of hydrogen-bond acceptors (Lipinski definition) is 5. The van der Waals surface area contributed by atoms with Crippen molar-refractivity contribution in [3.05, 3.63) is 0 Å². The Morgan fingerprint density at radius 3 is 2.73 bits per heavy atom. The second kappa shape index (κ2) is 7.96. The summed E-state index contributed by atoms with van der Waals surface area (Å²) in [5, 5.41) is 0. The van der Waals surface area contributed by atoms with E-state index in [0.29, 0.717) is 12.5 Å². The molecule has 1 aliphatic rings. The van der Waals surface area contributed by atoms with Crippen LogP contribution >= 0.6 is 12.8 Å². The quantitative estimate of drug-likeness (QED) is 0.418. The fourth-order valence-corrected chi connectivity index (χ4v) is 1.96. The van der Waals surface area contributed by atoms with E-state index in [1.165, 1.54) is 32.1 Å². The summed E-state index contributed by atoms with van der Waals surface area (Å²) in [6.07, 6.45) is 6.81. The summed E-state index contributed by atoms with van der Waals surface area (Å²) in [6.45, 7) is 1.21.